The molecule has 10 heteroatoms. The average molecular weight is 508 g/mol. The lowest BCUT2D eigenvalue weighted by Gasteiger charge is -2.07. The van der Waals surface area contributed by atoms with Crippen LogP contribution in [0.5, 0.6) is 0 Å². The summed E-state index contributed by atoms with van der Waals surface area (Å²) in [7, 11) is -3.68. The lowest BCUT2D eigenvalue weighted by atomic mass is 10.0. The number of carbonyl (C=O) groups is 2. The molecule has 0 spiro atoms. The molecule has 0 unspecified atom stereocenters. The standard InChI is InChI=1S/C17H17N3O2S.C9H8O4/c18-11-12-1-3-13(4-2-12)16-9-10-20-17(16)14-5-7-15(8-6-14)23(19,21)22;1-5-2-3-6(8(10)11)4-7(5)9(12)13/h1-10,20H,11,18H2,(H2,19,21,22);2-4H,1H3,(H,10,11)(H,12,13). The third kappa shape index (κ3) is 6.25. The summed E-state index contributed by atoms with van der Waals surface area (Å²) in [6, 6.07) is 20.5. The lowest BCUT2D eigenvalue weighted by Crippen LogP contribution is -2.11. The minimum atomic E-state index is -3.68. The first-order chi connectivity index (χ1) is 17.0. The summed E-state index contributed by atoms with van der Waals surface area (Å²) in [5, 5.41) is 22.4. The van der Waals surface area contributed by atoms with Crippen LogP contribution in [0, 0.1) is 6.92 Å². The highest BCUT2D eigenvalue weighted by atomic mass is 32.2. The maximum Gasteiger partial charge on any atom is 0.335 e. The van der Waals surface area contributed by atoms with Gasteiger partial charge in [0.15, 0.2) is 0 Å². The smallest absolute Gasteiger partial charge is 0.335 e. The van der Waals surface area contributed by atoms with Gasteiger partial charge in [-0.2, -0.15) is 0 Å². The predicted molar refractivity (Wildman–Crippen MR) is 136 cm³/mol. The van der Waals surface area contributed by atoms with Gasteiger partial charge in [-0.1, -0.05) is 42.5 Å². The Balaban J connectivity index is 0.000000236. The summed E-state index contributed by atoms with van der Waals surface area (Å²) >= 11 is 0. The molecule has 0 fully saturated rings. The number of nitrogens with two attached hydrogens (primary N) is 2. The van der Waals surface area contributed by atoms with Crippen LogP contribution in [0.1, 0.15) is 31.8 Å². The highest BCUT2D eigenvalue weighted by Gasteiger charge is 2.12. The number of aromatic amines is 1. The van der Waals surface area contributed by atoms with Crippen molar-refractivity contribution in [3.8, 4) is 22.4 Å². The number of H-pyrrole nitrogens is 1. The van der Waals surface area contributed by atoms with E-state index in [1.807, 2.05) is 36.5 Å². The first-order valence-electron chi connectivity index (χ1n) is 10.7. The van der Waals surface area contributed by atoms with E-state index in [2.05, 4.69) is 4.98 Å². The zero-order valence-electron chi connectivity index (χ0n) is 19.3. The number of hydrogen-bond donors (Lipinski definition) is 5. The summed E-state index contributed by atoms with van der Waals surface area (Å²) in [4.78, 5) is 24.4. The summed E-state index contributed by atoms with van der Waals surface area (Å²) < 4.78 is 22.7. The second-order valence-corrected chi connectivity index (χ2v) is 9.44. The van der Waals surface area contributed by atoms with Crippen LogP contribution in [0.25, 0.3) is 22.4 Å². The van der Waals surface area contributed by atoms with Crippen molar-refractivity contribution in [1.82, 2.24) is 4.98 Å². The third-order valence-electron chi connectivity index (χ3n) is 5.43. The predicted octanol–water partition coefficient (Wildman–Crippen LogP) is 3.85. The number of sulfonamides is 1. The molecule has 4 aromatic rings. The summed E-state index contributed by atoms with van der Waals surface area (Å²) in [5.74, 6) is -2.23. The van der Waals surface area contributed by atoms with Crippen molar-refractivity contribution in [3.63, 3.8) is 0 Å². The van der Waals surface area contributed by atoms with Gasteiger partial charge >= 0.3 is 11.9 Å². The van der Waals surface area contributed by atoms with E-state index in [1.54, 1.807) is 19.1 Å². The van der Waals surface area contributed by atoms with E-state index in [0.717, 1.165) is 34.0 Å². The Hall–Kier alpha value is -4.25. The van der Waals surface area contributed by atoms with Gasteiger partial charge in [0.2, 0.25) is 10.0 Å². The van der Waals surface area contributed by atoms with Crippen molar-refractivity contribution in [2.45, 2.75) is 18.4 Å². The Morgan fingerprint density at radius 3 is 2.00 bits per heavy atom. The van der Waals surface area contributed by atoms with E-state index in [9.17, 15) is 18.0 Å². The molecule has 0 atom stereocenters. The Morgan fingerprint density at radius 2 is 1.47 bits per heavy atom. The Labute approximate surface area is 208 Å². The number of rotatable bonds is 6. The maximum atomic E-state index is 11.3. The van der Waals surface area contributed by atoms with Crippen LogP contribution in [0.15, 0.2) is 83.9 Å². The molecule has 0 aliphatic rings. The second kappa shape index (κ2) is 11.0. The summed E-state index contributed by atoms with van der Waals surface area (Å²) in [5.41, 5.74) is 11.2. The highest BCUT2D eigenvalue weighted by molar-refractivity contribution is 7.89. The van der Waals surface area contributed by atoms with E-state index in [1.165, 1.54) is 24.3 Å². The minimum absolute atomic E-state index is 0.0111. The first-order valence-corrected chi connectivity index (χ1v) is 12.2. The lowest BCUT2D eigenvalue weighted by molar-refractivity contribution is 0.0695. The molecule has 4 rings (SSSR count). The van der Waals surface area contributed by atoms with Gasteiger partial charge in [0, 0.05) is 18.3 Å². The topological polar surface area (TPSA) is 177 Å². The summed E-state index contributed by atoms with van der Waals surface area (Å²) in [6.45, 7) is 2.13. The van der Waals surface area contributed by atoms with E-state index in [-0.39, 0.29) is 16.0 Å². The van der Waals surface area contributed by atoms with Crippen LogP contribution in [0.4, 0.5) is 0 Å². The minimum Gasteiger partial charge on any atom is -0.478 e. The molecule has 36 heavy (non-hydrogen) atoms. The molecule has 0 saturated heterocycles. The van der Waals surface area contributed by atoms with Crippen molar-refractivity contribution < 1.29 is 28.2 Å². The van der Waals surface area contributed by atoms with Gasteiger partial charge in [-0.05, 0) is 59.5 Å². The molecule has 9 nitrogen and oxygen atoms in total. The third-order valence-corrected chi connectivity index (χ3v) is 6.36. The van der Waals surface area contributed by atoms with Gasteiger partial charge in [0.1, 0.15) is 0 Å². The van der Waals surface area contributed by atoms with Crippen LogP contribution in [-0.4, -0.2) is 35.6 Å². The van der Waals surface area contributed by atoms with Gasteiger partial charge in [-0.15, -0.1) is 0 Å². The van der Waals surface area contributed by atoms with Gasteiger partial charge < -0.3 is 20.9 Å². The van der Waals surface area contributed by atoms with Crippen LogP contribution in [0.2, 0.25) is 0 Å². The van der Waals surface area contributed by atoms with E-state index in [0.29, 0.717) is 12.1 Å². The number of hydrogen-bond acceptors (Lipinski definition) is 5. The molecule has 1 heterocycles. The van der Waals surface area contributed by atoms with E-state index >= 15 is 0 Å². The Bertz CT molecular complexity index is 1490. The van der Waals surface area contributed by atoms with Crippen molar-refractivity contribution in [2.75, 3.05) is 0 Å². The first kappa shape index (κ1) is 26.4. The van der Waals surface area contributed by atoms with Crippen molar-refractivity contribution >= 4 is 22.0 Å². The molecule has 0 amide bonds. The number of carboxylic acid groups (broad SMARTS) is 2. The fourth-order valence-corrected chi connectivity index (χ4v) is 3.98. The number of primary sulfonamides is 1. The van der Waals surface area contributed by atoms with E-state index < -0.39 is 22.0 Å². The van der Waals surface area contributed by atoms with Gasteiger partial charge in [-0.3, -0.25) is 0 Å². The number of aryl methyl sites for hydroxylation is 1. The number of benzene rings is 3. The van der Waals surface area contributed by atoms with Crippen LogP contribution in [0.3, 0.4) is 0 Å². The normalized spacial score (nSPS) is 10.9. The van der Waals surface area contributed by atoms with Crippen molar-refractivity contribution in [1.29, 1.82) is 0 Å². The molecule has 0 radical (unpaired) electrons. The Kier molecular flexibility index (Phi) is 8.05. The molecular weight excluding hydrogens is 482 g/mol. The second-order valence-electron chi connectivity index (χ2n) is 7.88. The van der Waals surface area contributed by atoms with Crippen LogP contribution >= 0.6 is 0 Å². The Morgan fingerprint density at radius 1 is 0.861 bits per heavy atom. The SMILES string of the molecule is Cc1ccc(C(=O)O)cc1C(=O)O.NCc1ccc(-c2cc[nH]c2-c2ccc(S(N)(=O)=O)cc2)cc1. The maximum absolute atomic E-state index is 11.3. The summed E-state index contributed by atoms with van der Waals surface area (Å²) in [6.07, 6.45) is 1.86. The van der Waals surface area contributed by atoms with Gasteiger partial charge in [0.05, 0.1) is 21.7 Å². The van der Waals surface area contributed by atoms with Crippen molar-refractivity contribution in [2.24, 2.45) is 10.9 Å². The highest BCUT2D eigenvalue weighted by Crippen LogP contribution is 2.31. The van der Waals surface area contributed by atoms with Crippen LogP contribution in [-0.2, 0) is 16.6 Å². The molecule has 1 aromatic heterocycles. The fraction of sp³-hybridized carbons (Fsp3) is 0.0769. The molecule has 0 aliphatic heterocycles. The van der Waals surface area contributed by atoms with Crippen LogP contribution < -0.4 is 10.9 Å². The molecule has 186 valence electrons. The zero-order chi connectivity index (χ0) is 26.5. The number of aromatic carboxylic acids is 2. The molecule has 0 saturated carbocycles. The number of nitrogens with one attached hydrogen (secondary N) is 1. The molecular formula is C26H25N3O6S. The molecule has 0 aliphatic carbocycles. The van der Waals surface area contributed by atoms with Crippen molar-refractivity contribution in [3.05, 3.63) is 101 Å². The van der Waals surface area contributed by atoms with Gasteiger partial charge in [0.25, 0.3) is 0 Å². The van der Waals surface area contributed by atoms with E-state index in [4.69, 9.17) is 21.1 Å². The molecule has 0 bridgehead atoms. The zero-order valence-corrected chi connectivity index (χ0v) is 20.1. The van der Waals surface area contributed by atoms with Gasteiger partial charge in [-0.25, -0.2) is 23.1 Å². The fourth-order valence-electron chi connectivity index (χ4n) is 3.47. The average Bonchev–Trinajstić information content (AvgIpc) is 3.34. The monoisotopic (exact) mass is 507 g/mol. The number of aromatic nitrogens is 1. The largest absolute Gasteiger partial charge is 0.478 e. The number of carboxylic acids is 2. The molecule has 3 aromatic carbocycles. The quantitative estimate of drug-likeness (QED) is 0.263. The molecule has 7 N–H and O–H groups in total.